The number of Topliss-reactive ketones (excluding diaryl/α,β-unsaturated/α-hetero) is 1. The van der Waals surface area contributed by atoms with Gasteiger partial charge in [-0.15, -0.1) is 0 Å². The Bertz CT molecular complexity index is 929. The van der Waals surface area contributed by atoms with Gasteiger partial charge in [0.15, 0.2) is 0 Å². The molecule has 1 N–H and O–H groups in total. The molecule has 24 heavy (non-hydrogen) atoms. The Balaban J connectivity index is 1.93. The number of nitrogens with one attached hydrogen (secondary N) is 1. The van der Waals surface area contributed by atoms with Crippen LogP contribution >= 0.6 is 35.0 Å². The number of hydrogen-bond donors (Lipinski definition) is 1. The molecule has 3 rings (SSSR count). The van der Waals surface area contributed by atoms with Crippen LogP contribution in [0.25, 0.3) is 5.70 Å². The molecule has 0 unspecified atom stereocenters. The van der Waals surface area contributed by atoms with E-state index in [1.54, 1.807) is 30.3 Å². The zero-order valence-electron chi connectivity index (χ0n) is 12.2. The van der Waals surface area contributed by atoms with Crippen molar-refractivity contribution in [2.75, 3.05) is 0 Å². The number of carbonyl (C=O) groups excluding carboxylic acids is 1. The lowest BCUT2D eigenvalue weighted by molar-refractivity contribution is 0.103. The second-order valence-electron chi connectivity index (χ2n) is 4.88. The van der Waals surface area contributed by atoms with Gasteiger partial charge in [-0.3, -0.25) is 4.79 Å². The highest BCUT2D eigenvalue weighted by Gasteiger charge is 2.23. The average Bonchev–Trinajstić information content (AvgIpc) is 3.05. The van der Waals surface area contributed by atoms with Crippen molar-refractivity contribution in [3.8, 4) is 6.07 Å². The van der Waals surface area contributed by atoms with E-state index in [-0.39, 0.29) is 5.57 Å². The lowest BCUT2D eigenvalue weighted by Gasteiger charge is -2.09. The van der Waals surface area contributed by atoms with Gasteiger partial charge in [0.25, 0.3) is 0 Å². The molecule has 0 atom stereocenters. The van der Waals surface area contributed by atoms with E-state index in [2.05, 4.69) is 5.32 Å². The minimum absolute atomic E-state index is 0.0198. The minimum Gasteiger partial charge on any atom is -0.348 e. The van der Waals surface area contributed by atoms with Gasteiger partial charge in [0.05, 0.1) is 15.7 Å². The zero-order valence-corrected chi connectivity index (χ0v) is 14.5. The first kappa shape index (κ1) is 16.7. The monoisotopic (exact) mass is 372 g/mol. The fourth-order valence-electron chi connectivity index (χ4n) is 2.22. The fourth-order valence-corrected chi connectivity index (χ4v) is 3.52. The molecule has 0 fully saturated rings. The van der Waals surface area contributed by atoms with Crippen molar-refractivity contribution in [1.29, 1.82) is 5.26 Å². The quantitative estimate of drug-likeness (QED) is 0.454. The Labute approximate surface area is 153 Å². The highest BCUT2D eigenvalue weighted by molar-refractivity contribution is 8.06. The maximum Gasteiger partial charge on any atom is 0.207 e. The molecule has 0 saturated heterocycles. The first-order chi connectivity index (χ1) is 11.6. The van der Waals surface area contributed by atoms with Crippen LogP contribution in [0.3, 0.4) is 0 Å². The number of ketones is 1. The lowest BCUT2D eigenvalue weighted by atomic mass is 10.0. The van der Waals surface area contributed by atoms with Crippen LogP contribution in [-0.2, 0) is 0 Å². The van der Waals surface area contributed by atoms with Gasteiger partial charge in [0, 0.05) is 21.6 Å². The summed E-state index contributed by atoms with van der Waals surface area (Å²) in [6.07, 6.45) is 0. The molecule has 3 nitrogen and oxygen atoms in total. The van der Waals surface area contributed by atoms with Crippen LogP contribution in [-0.4, -0.2) is 5.78 Å². The molecule has 6 heteroatoms. The predicted molar refractivity (Wildman–Crippen MR) is 98.6 cm³/mol. The van der Waals surface area contributed by atoms with E-state index in [1.807, 2.05) is 29.7 Å². The van der Waals surface area contributed by atoms with E-state index in [0.29, 0.717) is 20.6 Å². The van der Waals surface area contributed by atoms with Crippen molar-refractivity contribution in [3.63, 3.8) is 0 Å². The summed E-state index contributed by atoms with van der Waals surface area (Å²) >= 11 is 13.5. The number of benzene rings is 2. The van der Waals surface area contributed by atoms with Gasteiger partial charge in [-0.25, -0.2) is 0 Å². The van der Waals surface area contributed by atoms with Crippen molar-refractivity contribution in [1.82, 2.24) is 5.32 Å². The summed E-state index contributed by atoms with van der Waals surface area (Å²) in [4.78, 5) is 12.6. The third-order valence-corrected chi connectivity index (χ3v) is 4.95. The maximum absolute atomic E-state index is 12.6. The molecule has 1 aliphatic rings. The SMILES string of the molecule is N#CC(C(=O)c1ccccc1Cl)=C1NC(c2ccccc2Cl)=CS1. The number of rotatable bonds is 3. The smallest absolute Gasteiger partial charge is 0.207 e. The largest absolute Gasteiger partial charge is 0.348 e. The summed E-state index contributed by atoms with van der Waals surface area (Å²) in [7, 11) is 0. The van der Waals surface area contributed by atoms with E-state index in [9.17, 15) is 10.1 Å². The first-order valence-electron chi connectivity index (χ1n) is 6.94. The van der Waals surface area contributed by atoms with Gasteiger partial charge in [-0.1, -0.05) is 65.3 Å². The van der Waals surface area contributed by atoms with E-state index in [0.717, 1.165) is 11.3 Å². The van der Waals surface area contributed by atoms with Gasteiger partial charge >= 0.3 is 0 Å². The van der Waals surface area contributed by atoms with Crippen molar-refractivity contribution < 1.29 is 4.79 Å². The molecule has 0 amide bonds. The third kappa shape index (κ3) is 3.20. The molecule has 0 radical (unpaired) electrons. The minimum atomic E-state index is -0.410. The standard InChI is InChI=1S/C18H10Cl2N2OS/c19-14-7-3-1-5-11(14)16-10-24-18(22-16)13(9-21)17(23)12-6-2-4-8-15(12)20/h1-8,10,22H. The molecule has 0 aliphatic carbocycles. The Morgan fingerprint density at radius 3 is 2.38 bits per heavy atom. The van der Waals surface area contributed by atoms with Crippen LogP contribution in [0.1, 0.15) is 15.9 Å². The second kappa shape index (κ2) is 7.14. The Morgan fingerprint density at radius 1 is 1.04 bits per heavy atom. The summed E-state index contributed by atoms with van der Waals surface area (Å²) in [5.41, 5.74) is 1.88. The third-order valence-electron chi connectivity index (χ3n) is 3.39. The highest BCUT2D eigenvalue weighted by atomic mass is 35.5. The topological polar surface area (TPSA) is 52.9 Å². The summed E-state index contributed by atoms with van der Waals surface area (Å²) in [5, 5.41) is 15.8. The number of nitrogens with zero attached hydrogens (tertiary/aromatic N) is 1. The molecular weight excluding hydrogens is 363 g/mol. The normalized spacial score (nSPS) is 15.3. The van der Waals surface area contributed by atoms with Crippen LogP contribution in [0.2, 0.25) is 10.0 Å². The van der Waals surface area contributed by atoms with E-state index in [1.165, 1.54) is 11.8 Å². The highest BCUT2D eigenvalue weighted by Crippen LogP contribution is 2.35. The van der Waals surface area contributed by atoms with Crippen LogP contribution in [0, 0.1) is 11.3 Å². The number of nitriles is 1. The Morgan fingerprint density at radius 2 is 1.71 bits per heavy atom. The predicted octanol–water partition coefficient (Wildman–Crippen LogP) is 5.25. The van der Waals surface area contributed by atoms with E-state index in [4.69, 9.17) is 23.2 Å². The van der Waals surface area contributed by atoms with Crippen LogP contribution < -0.4 is 5.32 Å². The van der Waals surface area contributed by atoms with Gasteiger partial charge in [-0.2, -0.15) is 5.26 Å². The summed E-state index contributed by atoms with van der Waals surface area (Å²) < 4.78 is 0. The number of halogens is 2. The van der Waals surface area contributed by atoms with Crippen molar-refractivity contribution >= 4 is 46.4 Å². The van der Waals surface area contributed by atoms with Gasteiger partial charge in [0.2, 0.25) is 5.78 Å². The van der Waals surface area contributed by atoms with Crippen molar-refractivity contribution in [3.05, 3.63) is 85.7 Å². The van der Waals surface area contributed by atoms with Crippen LogP contribution in [0.15, 0.2) is 64.5 Å². The summed E-state index contributed by atoms with van der Waals surface area (Å²) in [5.74, 6) is -0.410. The number of carbonyl (C=O) groups is 1. The average molecular weight is 373 g/mol. The molecule has 0 spiro atoms. The zero-order chi connectivity index (χ0) is 17.1. The number of allylic oxidation sites excluding steroid dienone is 1. The number of hydrogen-bond acceptors (Lipinski definition) is 4. The first-order valence-corrected chi connectivity index (χ1v) is 8.57. The fraction of sp³-hybridized carbons (Fsp3) is 0. The maximum atomic E-state index is 12.6. The Kier molecular flexibility index (Phi) is 4.96. The van der Waals surface area contributed by atoms with E-state index >= 15 is 0 Å². The second-order valence-corrected chi connectivity index (χ2v) is 6.57. The molecule has 2 aromatic rings. The van der Waals surface area contributed by atoms with Gasteiger partial charge < -0.3 is 5.32 Å². The van der Waals surface area contributed by atoms with Crippen LogP contribution in [0.5, 0.6) is 0 Å². The molecule has 1 aliphatic heterocycles. The van der Waals surface area contributed by atoms with E-state index < -0.39 is 5.78 Å². The summed E-state index contributed by atoms with van der Waals surface area (Å²) in [6, 6.07) is 16.0. The molecule has 118 valence electrons. The van der Waals surface area contributed by atoms with Gasteiger partial charge in [-0.05, 0) is 18.2 Å². The lowest BCUT2D eigenvalue weighted by Crippen LogP contribution is -2.12. The molecule has 1 heterocycles. The molecule has 2 aromatic carbocycles. The van der Waals surface area contributed by atoms with Crippen molar-refractivity contribution in [2.24, 2.45) is 0 Å². The molecule has 0 aromatic heterocycles. The summed E-state index contributed by atoms with van der Waals surface area (Å²) in [6.45, 7) is 0. The van der Waals surface area contributed by atoms with Crippen molar-refractivity contribution in [2.45, 2.75) is 0 Å². The van der Waals surface area contributed by atoms with Gasteiger partial charge in [0.1, 0.15) is 11.6 Å². The molecule has 0 saturated carbocycles. The number of thioether (sulfide) groups is 1. The Hall–Kier alpha value is -2.19. The molecule has 0 bridgehead atoms. The van der Waals surface area contributed by atoms with Crippen LogP contribution in [0.4, 0.5) is 0 Å². The molecular formula is C18H10Cl2N2OS.